The van der Waals surface area contributed by atoms with Gasteiger partial charge in [-0.3, -0.25) is 0 Å². The van der Waals surface area contributed by atoms with Crippen molar-refractivity contribution in [2.75, 3.05) is 13.7 Å². The third-order valence-electron chi connectivity index (χ3n) is 3.19. The zero-order valence-electron chi connectivity index (χ0n) is 12.3. The fourth-order valence-corrected chi connectivity index (χ4v) is 2.00. The Balaban J connectivity index is 2.97. The van der Waals surface area contributed by atoms with Gasteiger partial charge in [-0.05, 0) is 6.42 Å². The molecule has 0 aromatic heterocycles. The molecule has 3 nitrogen and oxygen atoms in total. The third-order valence-corrected chi connectivity index (χ3v) is 3.19. The van der Waals surface area contributed by atoms with E-state index in [-0.39, 0.29) is 6.09 Å². The summed E-state index contributed by atoms with van der Waals surface area (Å²) >= 11 is 0. The molecule has 0 saturated carbocycles. The first-order chi connectivity index (χ1) is 8.81. The van der Waals surface area contributed by atoms with Crippen LogP contribution in [0.4, 0.5) is 4.79 Å². The molecule has 0 atom stereocenters. The molecule has 0 heterocycles. The van der Waals surface area contributed by atoms with Crippen molar-refractivity contribution >= 4 is 6.09 Å². The van der Waals surface area contributed by atoms with E-state index in [1.165, 1.54) is 64.2 Å². The van der Waals surface area contributed by atoms with Crippen molar-refractivity contribution in [2.24, 2.45) is 0 Å². The number of alkyl carbamates (subject to hydrolysis) is 1. The lowest BCUT2D eigenvalue weighted by atomic mass is 10.1. The number of rotatable bonds is 12. The SMILES string of the molecule is CCCCCCCCCCCCCOC(=O)NC. The van der Waals surface area contributed by atoms with Crippen molar-refractivity contribution in [3.63, 3.8) is 0 Å². The molecular weight excluding hydrogens is 226 g/mol. The lowest BCUT2D eigenvalue weighted by molar-refractivity contribution is 0.146. The lowest BCUT2D eigenvalue weighted by Gasteiger charge is -2.04. The zero-order chi connectivity index (χ0) is 13.5. The van der Waals surface area contributed by atoms with Gasteiger partial charge in [0.1, 0.15) is 0 Å². The molecule has 0 aliphatic carbocycles. The molecule has 0 aromatic carbocycles. The summed E-state index contributed by atoms with van der Waals surface area (Å²) in [6.07, 6.45) is 14.1. The first-order valence-corrected chi connectivity index (χ1v) is 7.65. The van der Waals surface area contributed by atoms with Crippen LogP contribution in [0.15, 0.2) is 0 Å². The normalized spacial score (nSPS) is 10.3. The van der Waals surface area contributed by atoms with Crippen molar-refractivity contribution in [2.45, 2.75) is 77.6 Å². The smallest absolute Gasteiger partial charge is 0.406 e. The van der Waals surface area contributed by atoms with E-state index in [1.54, 1.807) is 7.05 Å². The molecule has 0 aliphatic rings. The van der Waals surface area contributed by atoms with Crippen molar-refractivity contribution < 1.29 is 9.53 Å². The Kier molecular flexibility index (Phi) is 13.8. The molecule has 108 valence electrons. The average Bonchev–Trinajstić information content (AvgIpc) is 2.39. The number of carbonyl (C=O) groups is 1. The van der Waals surface area contributed by atoms with Gasteiger partial charge < -0.3 is 10.1 Å². The van der Waals surface area contributed by atoms with Crippen LogP contribution in [0.2, 0.25) is 0 Å². The highest BCUT2D eigenvalue weighted by atomic mass is 16.5. The molecule has 0 spiro atoms. The minimum absolute atomic E-state index is 0.318. The number of hydrogen-bond donors (Lipinski definition) is 1. The van der Waals surface area contributed by atoms with Crippen LogP contribution in [0.5, 0.6) is 0 Å². The molecule has 1 N–H and O–H groups in total. The van der Waals surface area contributed by atoms with Crippen molar-refractivity contribution in [3.05, 3.63) is 0 Å². The number of carbonyl (C=O) groups excluding carboxylic acids is 1. The predicted octanol–water partition coefficient (Wildman–Crippen LogP) is 4.65. The molecule has 3 heteroatoms. The highest BCUT2D eigenvalue weighted by Gasteiger charge is 1.97. The van der Waals surface area contributed by atoms with Gasteiger partial charge in [-0.15, -0.1) is 0 Å². The van der Waals surface area contributed by atoms with Gasteiger partial charge in [0, 0.05) is 7.05 Å². The largest absolute Gasteiger partial charge is 0.450 e. The molecule has 0 aromatic rings. The molecule has 0 rings (SSSR count). The quantitative estimate of drug-likeness (QED) is 0.517. The van der Waals surface area contributed by atoms with E-state index in [1.807, 2.05) is 0 Å². The van der Waals surface area contributed by atoms with Gasteiger partial charge in [0.15, 0.2) is 0 Å². The first kappa shape index (κ1) is 17.3. The van der Waals surface area contributed by atoms with Crippen LogP contribution in [0.25, 0.3) is 0 Å². The van der Waals surface area contributed by atoms with Crippen molar-refractivity contribution in [1.82, 2.24) is 5.32 Å². The van der Waals surface area contributed by atoms with Crippen LogP contribution < -0.4 is 5.32 Å². The summed E-state index contributed by atoms with van der Waals surface area (Å²) in [5.41, 5.74) is 0. The fraction of sp³-hybridized carbons (Fsp3) is 0.933. The summed E-state index contributed by atoms with van der Waals surface area (Å²) in [6, 6.07) is 0. The maximum absolute atomic E-state index is 10.8. The van der Waals surface area contributed by atoms with E-state index in [0.717, 1.165) is 6.42 Å². The van der Waals surface area contributed by atoms with Gasteiger partial charge in [-0.1, -0.05) is 71.1 Å². The standard InChI is InChI=1S/C15H31NO2/c1-3-4-5-6-7-8-9-10-11-12-13-14-18-15(17)16-2/h3-14H2,1-2H3,(H,16,17). The van der Waals surface area contributed by atoms with Crippen LogP contribution >= 0.6 is 0 Å². The van der Waals surface area contributed by atoms with Gasteiger partial charge in [0.05, 0.1) is 6.61 Å². The van der Waals surface area contributed by atoms with Crippen molar-refractivity contribution in [3.8, 4) is 0 Å². The average molecular weight is 257 g/mol. The number of amides is 1. The van der Waals surface area contributed by atoms with Gasteiger partial charge in [0.25, 0.3) is 0 Å². The monoisotopic (exact) mass is 257 g/mol. The topological polar surface area (TPSA) is 38.3 Å². The Morgan fingerprint density at radius 3 is 1.72 bits per heavy atom. The minimum atomic E-state index is -0.318. The second-order valence-corrected chi connectivity index (χ2v) is 4.92. The summed E-state index contributed by atoms with van der Waals surface area (Å²) in [6.45, 7) is 2.81. The highest BCUT2D eigenvalue weighted by molar-refractivity contribution is 5.66. The highest BCUT2D eigenvalue weighted by Crippen LogP contribution is 2.11. The summed E-state index contributed by atoms with van der Waals surface area (Å²) in [7, 11) is 1.59. The van der Waals surface area contributed by atoms with Gasteiger partial charge in [-0.2, -0.15) is 0 Å². The molecule has 0 saturated heterocycles. The van der Waals surface area contributed by atoms with E-state index in [2.05, 4.69) is 12.2 Å². The van der Waals surface area contributed by atoms with Crippen LogP contribution in [0, 0.1) is 0 Å². The molecule has 1 amide bonds. The molecule has 18 heavy (non-hydrogen) atoms. The lowest BCUT2D eigenvalue weighted by Crippen LogP contribution is -2.19. The molecule has 0 bridgehead atoms. The number of hydrogen-bond acceptors (Lipinski definition) is 2. The Hall–Kier alpha value is -0.730. The third kappa shape index (κ3) is 13.3. The van der Waals surface area contributed by atoms with E-state index in [4.69, 9.17) is 4.74 Å². The van der Waals surface area contributed by atoms with E-state index < -0.39 is 0 Å². The van der Waals surface area contributed by atoms with Crippen molar-refractivity contribution in [1.29, 1.82) is 0 Å². The zero-order valence-corrected chi connectivity index (χ0v) is 12.3. The minimum Gasteiger partial charge on any atom is -0.450 e. The van der Waals surface area contributed by atoms with Gasteiger partial charge in [-0.25, -0.2) is 4.79 Å². The Morgan fingerprint density at radius 1 is 0.833 bits per heavy atom. The Bertz CT molecular complexity index is 183. The van der Waals surface area contributed by atoms with Crippen LogP contribution in [-0.2, 0) is 4.74 Å². The van der Waals surface area contributed by atoms with Crippen LogP contribution in [0.3, 0.4) is 0 Å². The van der Waals surface area contributed by atoms with Gasteiger partial charge in [0.2, 0.25) is 0 Å². The second kappa shape index (κ2) is 14.3. The summed E-state index contributed by atoms with van der Waals surface area (Å²) < 4.78 is 4.92. The summed E-state index contributed by atoms with van der Waals surface area (Å²) in [5.74, 6) is 0. The van der Waals surface area contributed by atoms with E-state index in [9.17, 15) is 4.79 Å². The molecule has 0 radical (unpaired) electrons. The fourth-order valence-electron chi connectivity index (χ4n) is 2.00. The van der Waals surface area contributed by atoms with Gasteiger partial charge >= 0.3 is 6.09 Å². The number of ether oxygens (including phenoxy) is 1. The molecular formula is C15H31NO2. The second-order valence-electron chi connectivity index (χ2n) is 4.92. The van der Waals surface area contributed by atoms with E-state index in [0.29, 0.717) is 6.61 Å². The maximum atomic E-state index is 10.8. The van der Waals surface area contributed by atoms with Crippen LogP contribution in [0.1, 0.15) is 77.6 Å². The van der Waals surface area contributed by atoms with E-state index >= 15 is 0 Å². The molecule has 0 fully saturated rings. The molecule has 0 unspecified atom stereocenters. The number of nitrogens with one attached hydrogen (secondary N) is 1. The number of unbranched alkanes of at least 4 members (excludes halogenated alkanes) is 10. The molecule has 0 aliphatic heterocycles. The maximum Gasteiger partial charge on any atom is 0.406 e. The Morgan fingerprint density at radius 2 is 1.28 bits per heavy atom. The Labute approximate surface area is 113 Å². The predicted molar refractivity (Wildman–Crippen MR) is 76.9 cm³/mol. The summed E-state index contributed by atoms with van der Waals surface area (Å²) in [5, 5.41) is 2.44. The summed E-state index contributed by atoms with van der Waals surface area (Å²) in [4.78, 5) is 10.8. The first-order valence-electron chi connectivity index (χ1n) is 7.65. The van der Waals surface area contributed by atoms with Crippen LogP contribution in [-0.4, -0.2) is 19.7 Å².